The van der Waals surface area contributed by atoms with Gasteiger partial charge in [0.15, 0.2) is 0 Å². The number of fused-ring (bicyclic) bond motifs is 2. The van der Waals surface area contributed by atoms with Crippen LogP contribution >= 0.6 is 0 Å². The number of rotatable bonds is 6. The zero-order chi connectivity index (χ0) is 24.7. The van der Waals surface area contributed by atoms with Crippen LogP contribution in [0, 0.1) is 26.4 Å². The van der Waals surface area contributed by atoms with Gasteiger partial charge in [0.1, 0.15) is 0 Å². The molecule has 2 fully saturated rings. The number of carbonyl (C=O) groups excluding carboxylic acids is 2. The van der Waals surface area contributed by atoms with Crippen LogP contribution in [0.4, 0.5) is 11.4 Å². The lowest BCUT2D eigenvalue weighted by atomic mass is 9.64. The Bertz CT molecular complexity index is 1190. The van der Waals surface area contributed by atoms with Crippen LogP contribution in [0.25, 0.3) is 0 Å². The van der Waals surface area contributed by atoms with Crippen molar-refractivity contribution in [2.24, 2.45) is 21.4 Å². The standard InChI is InChI=1S/C26H29N3O5/c1-5-17-9-11-19(12-10-17)27-23(31)26-14-13-25(4,24(26,2)3)21(16-26)28-34-22(30)18-7-6-8-20(15-18)29(32)33/h6-12,15H,5,13-14,16H2,1-4H3,(H,27,31)/b28-21-. The van der Waals surface area contributed by atoms with Crippen molar-refractivity contribution in [3.63, 3.8) is 0 Å². The molecule has 0 radical (unpaired) electrons. The van der Waals surface area contributed by atoms with Crippen molar-refractivity contribution in [3.05, 3.63) is 69.8 Å². The van der Waals surface area contributed by atoms with Crippen LogP contribution in [0.3, 0.4) is 0 Å². The van der Waals surface area contributed by atoms with Crippen LogP contribution in [0.1, 0.15) is 62.9 Å². The average molecular weight is 464 g/mol. The van der Waals surface area contributed by atoms with Gasteiger partial charge in [0.25, 0.3) is 5.69 Å². The third kappa shape index (κ3) is 3.57. The molecule has 8 nitrogen and oxygen atoms in total. The number of amides is 1. The Balaban J connectivity index is 1.56. The maximum Gasteiger partial charge on any atom is 0.365 e. The Morgan fingerprint density at radius 3 is 2.47 bits per heavy atom. The summed E-state index contributed by atoms with van der Waals surface area (Å²) in [5.41, 5.74) is 0.964. The third-order valence-corrected chi connectivity index (χ3v) is 8.32. The molecule has 2 saturated carbocycles. The summed E-state index contributed by atoms with van der Waals surface area (Å²) in [6, 6.07) is 13.2. The number of hydrogen-bond donors (Lipinski definition) is 1. The van der Waals surface area contributed by atoms with Crippen LogP contribution in [0.15, 0.2) is 53.7 Å². The second kappa shape index (κ2) is 8.34. The molecule has 0 saturated heterocycles. The highest BCUT2D eigenvalue weighted by Crippen LogP contribution is 2.71. The van der Waals surface area contributed by atoms with Gasteiger partial charge in [0.05, 0.1) is 21.6 Å². The molecule has 34 heavy (non-hydrogen) atoms. The lowest BCUT2D eigenvalue weighted by Gasteiger charge is -2.39. The van der Waals surface area contributed by atoms with E-state index in [0.29, 0.717) is 18.6 Å². The van der Waals surface area contributed by atoms with E-state index in [1.807, 2.05) is 24.3 Å². The minimum atomic E-state index is -0.769. The smallest absolute Gasteiger partial charge is 0.326 e. The van der Waals surface area contributed by atoms with E-state index in [1.165, 1.54) is 23.8 Å². The SMILES string of the molecule is CCc1ccc(NC(=O)C23CCC(C)(/C(=N\OC(=O)c4cccc([N+](=O)[O-])c4)C2)C3(C)C)cc1. The van der Waals surface area contributed by atoms with Gasteiger partial charge in [-0.05, 0) is 48.4 Å². The summed E-state index contributed by atoms with van der Waals surface area (Å²) in [7, 11) is 0. The molecule has 0 heterocycles. The molecule has 2 aliphatic carbocycles. The first-order chi connectivity index (χ1) is 16.0. The van der Waals surface area contributed by atoms with Crippen LogP contribution in [-0.2, 0) is 16.1 Å². The Morgan fingerprint density at radius 1 is 1.12 bits per heavy atom. The van der Waals surface area contributed by atoms with Crippen LogP contribution < -0.4 is 5.32 Å². The van der Waals surface area contributed by atoms with Gasteiger partial charge in [0.2, 0.25) is 5.91 Å². The number of non-ortho nitro benzene ring substituents is 1. The third-order valence-electron chi connectivity index (χ3n) is 8.32. The molecule has 0 aromatic heterocycles. The summed E-state index contributed by atoms with van der Waals surface area (Å²) in [6.45, 7) is 8.29. The Labute approximate surface area is 198 Å². The first-order valence-corrected chi connectivity index (χ1v) is 11.5. The van der Waals surface area contributed by atoms with Crippen molar-refractivity contribution in [1.29, 1.82) is 0 Å². The quantitative estimate of drug-likeness (QED) is 0.344. The molecule has 1 amide bonds. The minimum absolute atomic E-state index is 0.0501. The van der Waals surface area contributed by atoms with E-state index in [4.69, 9.17) is 4.84 Å². The molecule has 2 atom stereocenters. The van der Waals surface area contributed by atoms with Crippen LogP contribution in [0.5, 0.6) is 0 Å². The van der Waals surface area contributed by atoms with Gasteiger partial charge in [-0.3, -0.25) is 14.9 Å². The van der Waals surface area contributed by atoms with Gasteiger partial charge < -0.3 is 10.2 Å². The average Bonchev–Trinajstić information content (AvgIpc) is 3.13. The molecule has 0 spiro atoms. The highest BCUT2D eigenvalue weighted by molar-refractivity contribution is 6.06. The van der Waals surface area contributed by atoms with Crippen molar-refractivity contribution in [2.45, 2.75) is 53.4 Å². The number of aryl methyl sites for hydroxylation is 1. The first-order valence-electron chi connectivity index (χ1n) is 11.5. The monoisotopic (exact) mass is 463 g/mol. The Morgan fingerprint density at radius 2 is 1.82 bits per heavy atom. The maximum absolute atomic E-state index is 13.6. The van der Waals surface area contributed by atoms with Crippen molar-refractivity contribution >= 4 is 29.0 Å². The van der Waals surface area contributed by atoms with E-state index in [9.17, 15) is 19.7 Å². The first kappa shape index (κ1) is 23.6. The number of carbonyl (C=O) groups is 2. The van der Waals surface area contributed by atoms with Gasteiger partial charge in [-0.15, -0.1) is 0 Å². The fourth-order valence-electron chi connectivity index (χ4n) is 5.49. The molecule has 178 valence electrons. The molecular weight excluding hydrogens is 434 g/mol. The zero-order valence-corrected chi connectivity index (χ0v) is 19.9. The van der Waals surface area contributed by atoms with Gasteiger partial charge in [-0.1, -0.05) is 51.0 Å². The van der Waals surface area contributed by atoms with E-state index >= 15 is 0 Å². The Kier molecular flexibility index (Phi) is 5.79. The highest BCUT2D eigenvalue weighted by Gasteiger charge is 2.71. The van der Waals surface area contributed by atoms with Crippen LogP contribution in [0.2, 0.25) is 0 Å². The van der Waals surface area contributed by atoms with Crippen molar-refractivity contribution in [2.75, 3.05) is 5.32 Å². The maximum atomic E-state index is 13.6. The molecule has 2 aliphatic rings. The topological polar surface area (TPSA) is 111 Å². The van der Waals surface area contributed by atoms with E-state index in [2.05, 4.69) is 38.2 Å². The second-order valence-electron chi connectivity index (χ2n) is 9.94. The van der Waals surface area contributed by atoms with E-state index in [-0.39, 0.29) is 17.2 Å². The summed E-state index contributed by atoms with van der Waals surface area (Å²) >= 11 is 0. The normalized spacial score (nSPS) is 25.8. The number of nitrogens with one attached hydrogen (secondary N) is 1. The number of hydrogen-bond acceptors (Lipinski definition) is 6. The number of benzene rings is 2. The largest absolute Gasteiger partial charge is 0.365 e. The summed E-state index contributed by atoms with van der Waals surface area (Å²) < 4.78 is 0. The molecule has 2 unspecified atom stereocenters. The predicted molar refractivity (Wildman–Crippen MR) is 129 cm³/mol. The van der Waals surface area contributed by atoms with Crippen LogP contribution in [-0.4, -0.2) is 22.5 Å². The number of oxime groups is 1. The van der Waals surface area contributed by atoms with Gasteiger partial charge in [-0.2, -0.15) is 0 Å². The van der Waals surface area contributed by atoms with Crippen molar-refractivity contribution in [1.82, 2.24) is 0 Å². The summed E-state index contributed by atoms with van der Waals surface area (Å²) in [4.78, 5) is 41.7. The van der Waals surface area contributed by atoms with E-state index in [1.54, 1.807) is 0 Å². The highest BCUT2D eigenvalue weighted by atomic mass is 16.7. The molecule has 2 aromatic carbocycles. The van der Waals surface area contributed by atoms with Crippen molar-refractivity contribution < 1.29 is 19.3 Å². The number of nitro groups is 1. The summed E-state index contributed by atoms with van der Waals surface area (Å²) in [5.74, 6) is -0.824. The fourth-order valence-corrected chi connectivity index (χ4v) is 5.49. The molecule has 8 heteroatoms. The molecule has 2 bridgehead atoms. The van der Waals surface area contributed by atoms with Gasteiger partial charge in [-0.25, -0.2) is 4.79 Å². The van der Waals surface area contributed by atoms with Gasteiger partial charge in [0, 0.05) is 29.7 Å². The lowest BCUT2D eigenvalue weighted by molar-refractivity contribution is -0.384. The molecule has 0 aliphatic heterocycles. The van der Waals surface area contributed by atoms with E-state index in [0.717, 1.165) is 24.6 Å². The number of anilines is 1. The molecular formula is C26H29N3O5. The zero-order valence-electron chi connectivity index (χ0n) is 19.9. The number of nitro benzene ring substituents is 1. The van der Waals surface area contributed by atoms with E-state index < -0.39 is 27.1 Å². The molecule has 1 N–H and O–H groups in total. The summed E-state index contributed by atoms with van der Waals surface area (Å²) in [5, 5.41) is 18.3. The van der Waals surface area contributed by atoms with Crippen molar-refractivity contribution in [3.8, 4) is 0 Å². The number of nitrogens with zero attached hydrogens (tertiary/aromatic N) is 2. The second-order valence-corrected chi connectivity index (χ2v) is 9.94. The molecule has 2 aromatic rings. The predicted octanol–water partition coefficient (Wildman–Crippen LogP) is 5.53. The summed E-state index contributed by atoms with van der Waals surface area (Å²) in [6.07, 6.45) is 2.78. The fraction of sp³-hybridized carbons (Fsp3) is 0.423. The van der Waals surface area contributed by atoms with Gasteiger partial charge >= 0.3 is 5.97 Å². The lowest BCUT2D eigenvalue weighted by Crippen LogP contribution is -2.43. The molecule has 4 rings (SSSR count). The minimum Gasteiger partial charge on any atom is -0.326 e. The Hall–Kier alpha value is -3.55.